The first-order valence-electron chi connectivity index (χ1n) is 7.02. The van der Waals surface area contributed by atoms with Crippen molar-refractivity contribution >= 4 is 12.0 Å². The number of hydrogen-bond acceptors (Lipinski definition) is 3. The van der Waals surface area contributed by atoms with Crippen LogP contribution >= 0.6 is 0 Å². The number of aliphatic carboxylic acids is 1. The summed E-state index contributed by atoms with van der Waals surface area (Å²) in [6, 6.07) is 0.435. The molecule has 0 unspecified atom stereocenters. The molecule has 0 heterocycles. The van der Waals surface area contributed by atoms with Crippen LogP contribution in [0.3, 0.4) is 0 Å². The third-order valence-corrected chi connectivity index (χ3v) is 3.64. The lowest BCUT2D eigenvalue weighted by Crippen LogP contribution is -2.55. The Bertz CT molecular complexity index is 333. The first-order chi connectivity index (χ1) is 9.01. The van der Waals surface area contributed by atoms with E-state index in [-0.39, 0.29) is 6.03 Å². The Balaban J connectivity index is 4.40. The number of carbonyl (C=O) groups excluding carboxylic acids is 1. The molecule has 0 aromatic rings. The molecule has 20 heavy (non-hydrogen) atoms. The van der Waals surface area contributed by atoms with Gasteiger partial charge in [-0.3, -0.25) is 4.90 Å². The molecule has 6 heteroatoms. The van der Waals surface area contributed by atoms with Crippen LogP contribution in [-0.2, 0) is 4.79 Å². The number of likely N-dealkylation sites (N-methyl/N-ethyl adjacent to an activating group) is 1. The maximum Gasteiger partial charge on any atom is 0.329 e. The molecule has 118 valence electrons. The zero-order chi connectivity index (χ0) is 16.1. The normalized spacial score (nSPS) is 12.1. The number of nitrogens with one attached hydrogen (secondary N) is 1. The molecular formula is C14H29N3O3. The van der Waals surface area contributed by atoms with Crippen LogP contribution in [0.1, 0.15) is 41.5 Å². The van der Waals surface area contributed by atoms with E-state index in [1.165, 1.54) is 25.8 Å². The second-order valence-electron chi connectivity index (χ2n) is 6.08. The highest BCUT2D eigenvalue weighted by atomic mass is 16.4. The van der Waals surface area contributed by atoms with Crippen LogP contribution in [0.15, 0.2) is 0 Å². The van der Waals surface area contributed by atoms with Crippen molar-refractivity contribution in [3.05, 3.63) is 0 Å². The minimum atomic E-state index is -1.22. The number of urea groups is 1. The minimum absolute atomic E-state index is 0.370. The van der Waals surface area contributed by atoms with Gasteiger partial charge in [0.25, 0.3) is 0 Å². The second-order valence-corrected chi connectivity index (χ2v) is 6.08. The molecule has 0 aromatic heterocycles. The van der Waals surface area contributed by atoms with Crippen LogP contribution in [0.4, 0.5) is 4.79 Å². The molecule has 2 amide bonds. The standard InChI is InChI=1S/C14H29N3O3/c1-10(2)17(11(3)4)9-8-15-13(20)16(7)14(5,6)12(18)19/h10-11H,8-9H2,1-7H3,(H,15,20)(H,18,19). The van der Waals surface area contributed by atoms with Gasteiger partial charge in [-0.1, -0.05) is 0 Å². The van der Waals surface area contributed by atoms with Crippen LogP contribution < -0.4 is 5.32 Å². The predicted molar refractivity (Wildman–Crippen MR) is 79.9 cm³/mol. The molecule has 6 nitrogen and oxygen atoms in total. The van der Waals surface area contributed by atoms with E-state index in [1.807, 2.05) is 0 Å². The van der Waals surface area contributed by atoms with Gasteiger partial charge in [0.1, 0.15) is 5.54 Å². The minimum Gasteiger partial charge on any atom is -0.480 e. The molecule has 0 saturated carbocycles. The van der Waals surface area contributed by atoms with Crippen molar-refractivity contribution in [2.45, 2.75) is 59.2 Å². The molecule has 0 radical (unpaired) electrons. The smallest absolute Gasteiger partial charge is 0.329 e. The lowest BCUT2D eigenvalue weighted by Gasteiger charge is -2.33. The Labute approximate surface area is 122 Å². The van der Waals surface area contributed by atoms with Gasteiger partial charge >= 0.3 is 12.0 Å². The Kier molecular flexibility index (Phi) is 6.99. The van der Waals surface area contributed by atoms with Gasteiger partial charge in [0.2, 0.25) is 0 Å². The Morgan fingerprint density at radius 2 is 1.60 bits per heavy atom. The van der Waals surface area contributed by atoms with Crippen LogP contribution in [0.25, 0.3) is 0 Å². The number of nitrogens with zero attached hydrogens (tertiary/aromatic N) is 2. The summed E-state index contributed by atoms with van der Waals surface area (Å²) in [6.07, 6.45) is 0. The van der Waals surface area contributed by atoms with Crippen molar-refractivity contribution in [3.63, 3.8) is 0 Å². The van der Waals surface area contributed by atoms with E-state index in [1.54, 1.807) is 0 Å². The fourth-order valence-corrected chi connectivity index (χ4v) is 1.92. The van der Waals surface area contributed by atoms with Gasteiger partial charge in [0.05, 0.1) is 0 Å². The molecule has 0 aliphatic rings. The lowest BCUT2D eigenvalue weighted by atomic mass is 10.1. The molecular weight excluding hydrogens is 258 g/mol. The van der Waals surface area contributed by atoms with Crippen LogP contribution in [-0.4, -0.2) is 64.7 Å². The van der Waals surface area contributed by atoms with Gasteiger partial charge in [0, 0.05) is 32.2 Å². The predicted octanol–water partition coefficient (Wildman–Crippen LogP) is 1.61. The molecule has 0 aliphatic heterocycles. The van der Waals surface area contributed by atoms with Crippen molar-refractivity contribution in [2.75, 3.05) is 20.1 Å². The number of carboxylic acid groups (broad SMARTS) is 1. The number of hydrogen-bond donors (Lipinski definition) is 2. The maximum absolute atomic E-state index is 11.9. The van der Waals surface area contributed by atoms with Crippen LogP contribution in [0, 0.1) is 0 Å². The molecule has 0 spiro atoms. The van der Waals surface area contributed by atoms with E-state index in [0.717, 1.165) is 6.54 Å². The van der Waals surface area contributed by atoms with Crippen molar-refractivity contribution in [3.8, 4) is 0 Å². The average Bonchev–Trinajstić information content (AvgIpc) is 2.31. The van der Waals surface area contributed by atoms with Crippen molar-refractivity contribution in [1.82, 2.24) is 15.1 Å². The average molecular weight is 287 g/mol. The number of carboxylic acids is 1. The molecule has 0 fully saturated rings. The van der Waals surface area contributed by atoms with E-state index < -0.39 is 11.5 Å². The van der Waals surface area contributed by atoms with Crippen molar-refractivity contribution < 1.29 is 14.7 Å². The van der Waals surface area contributed by atoms with E-state index in [9.17, 15) is 9.59 Å². The molecule has 0 rings (SSSR count). The molecule has 0 aliphatic carbocycles. The van der Waals surface area contributed by atoms with E-state index >= 15 is 0 Å². The zero-order valence-electron chi connectivity index (χ0n) is 13.7. The molecule has 0 bridgehead atoms. The van der Waals surface area contributed by atoms with Crippen molar-refractivity contribution in [1.29, 1.82) is 0 Å². The summed E-state index contributed by atoms with van der Waals surface area (Å²) in [5.74, 6) is -1.03. The summed E-state index contributed by atoms with van der Waals surface area (Å²) in [5.41, 5.74) is -1.22. The third kappa shape index (κ3) is 5.00. The first-order valence-corrected chi connectivity index (χ1v) is 7.02. The van der Waals surface area contributed by atoms with Crippen LogP contribution in [0.2, 0.25) is 0 Å². The largest absolute Gasteiger partial charge is 0.480 e. The fraction of sp³-hybridized carbons (Fsp3) is 0.857. The highest BCUT2D eigenvalue weighted by Gasteiger charge is 2.35. The SMILES string of the molecule is CC(C)N(CCNC(=O)N(C)C(C)(C)C(=O)O)C(C)C. The summed E-state index contributed by atoms with van der Waals surface area (Å²) in [6.45, 7) is 12.7. The van der Waals surface area contributed by atoms with Gasteiger partial charge in [-0.2, -0.15) is 0 Å². The Hall–Kier alpha value is -1.30. The quantitative estimate of drug-likeness (QED) is 0.746. The van der Waals surface area contributed by atoms with Crippen LogP contribution in [0.5, 0.6) is 0 Å². The number of carbonyl (C=O) groups is 2. The monoisotopic (exact) mass is 287 g/mol. The summed E-state index contributed by atoms with van der Waals surface area (Å²) in [5, 5.41) is 11.9. The molecule has 0 atom stereocenters. The zero-order valence-corrected chi connectivity index (χ0v) is 13.7. The summed E-state index contributed by atoms with van der Waals surface area (Å²) in [4.78, 5) is 26.5. The number of rotatable bonds is 7. The fourth-order valence-electron chi connectivity index (χ4n) is 1.92. The van der Waals surface area contributed by atoms with E-state index in [4.69, 9.17) is 5.11 Å². The third-order valence-electron chi connectivity index (χ3n) is 3.64. The summed E-state index contributed by atoms with van der Waals surface area (Å²) < 4.78 is 0. The molecule has 0 saturated heterocycles. The highest BCUT2D eigenvalue weighted by Crippen LogP contribution is 2.12. The Morgan fingerprint density at radius 3 is 1.95 bits per heavy atom. The topological polar surface area (TPSA) is 72.9 Å². The molecule has 0 aromatic carbocycles. The van der Waals surface area contributed by atoms with E-state index in [0.29, 0.717) is 18.6 Å². The van der Waals surface area contributed by atoms with Gasteiger partial charge in [-0.15, -0.1) is 0 Å². The summed E-state index contributed by atoms with van der Waals surface area (Å²) in [7, 11) is 1.49. The van der Waals surface area contributed by atoms with Gasteiger partial charge in [0.15, 0.2) is 0 Å². The highest BCUT2D eigenvalue weighted by molar-refractivity contribution is 5.85. The lowest BCUT2D eigenvalue weighted by molar-refractivity contribution is -0.146. The van der Waals surface area contributed by atoms with Gasteiger partial charge in [-0.25, -0.2) is 9.59 Å². The molecule has 2 N–H and O–H groups in total. The maximum atomic E-state index is 11.9. The number of amides is 2. The van der Waals surface area contributed by atoms with Gasteiger partial charge in [-0.05, 0) is 41.5 Å². The Morgan fingerprint density at radius 1 is 1.15 bits per heavy atom. The van der Waals surface area contributed by atoms with Gasteiger partial charge < -0.3 is 15.3 Å². The summed E-state index contributed by atoms with van der Waals surface area (Å²) >= 11 is 0. The van der Waals surface area contributed by atoms with E-state index in [2.05, 4.69) is 37.9 Å². The second kappa shape index (κ2) is 7.47. The first kappa shape index (κ1) is 18.7. The van der Waals surface area contributed by atoms with Crippen molar-refractivity contribution in [2.24, 2.45) is 0 Å².